The summed E-state index contributed by atoms with van der Waals surface area (Å²) in [5, 5.41) is 8.81. The Kier molecular flexibility index (Phi) is 3.50. The lowest BCUT2D eigenvalue weighted by Crippen LogP contribution is -2.38. The molecule has 0 spiro atoms. The lowest BCUT2D eigenvalue weighted by molar-refractivity contribution is -0.121. The quantitative estimate of drug-likeness (QED) is 0.594. The fraction of sp³-hybridized carbons (Fsp3) is 0.545. The van der Waals surface area contributed by atoms with Gasteiger partial charge in [-0.25, -0.2) is 0 Å². The first-order valence-electron chi connectivity index (χ1n) is 5.97. The zero-order valence-electron chi connectivity index (χ0n) is 10.5. The van der Waals surface area contributed by atoms with E-state index in [-0.39, 0.29) is 17.9 Å². The van der Waals surface area contributed by atoms with E-state index in [1.165, 1.54) is 0 Å². The van der Waals surface area contributed by atoms with Crippen LogP contribution in [0.25, 0.3) is 0 Å². The Morgan fingerprint density at radius 2 is 2.11 bits per heavy atom. The summed E-state index contributed by atoms with van der Waals surface area (Å²) in [4.78, 5) is 19.8. The highest BCUT2D eigenvalue weighted by Crippen LogP contribution is 2.19. The van der Waals surface area contributed by atoms with Crippen LogP contribution in [0.1, 0.15) is 19.8 Å². The molecule has 1 unspecified atom stereocenters. The van der Waals surface area contributed by atoms with Gasteiger partial charge in [-0.05, 0) is 19.8 Å². The van der Waals surface area contributed by atoms with Crippen molar-refractivity contribution in [3.05, 3.63) is 6.07 Å². The van der Waals surface area contributed by atoms with Gasteiger partial charge in [0.05, 0.1) is 0 Å². The van der Waals surface area contributed by atoms with Gasteiger partial charge in [0.15, 0.2) is 0 Å². The summed E-state index contributed by atoms with van der Waals surface area (Å²) in [6.07, 6.45) is 2.14. The van der Waals surface area contributed by atoms with E-state index in [2.05, 4.69) is 25.9 Å². The molecule has 1 amide bonds. The zero-order chi connectivity index (χ0) is 13.1. The van der Waals surface area contributed by atoms with Crippen LogP contribution in [0.15, 0.2) is 6.07 Å². The number of anilines is 3. The topological polar surface area (TPSA) is 105 Å². The van der Waals surface area contributed by atoms with E-state index in [0.29, 0.717) is 17.7 Å². The number of amides is 1. The molecule has 0 aromatic carbocycles. The SMILES string of the molecule is CNc1cc(NC(C)C(=O)NC2CC2)nc(N)n1. The summed E-state index contributed by atoms with van der Waals surface area (Å²) in [6, 6.07) is 1.70. The molecule has 0 bridgehead atoms. The highest BCUT2D eigenvalue weighted by Gasteiger charge is 2.25. The fourth-order valence-corrected chi connectivity index (χ4v) is 1.51. The Morgan fingerprint density at radius 1 is 1.44 bits per heavy atom. The lowest BCUT2D eigenvalue weighted by atomic mass is 10.3. The van der Waals surface area contributed by atoms with Gasteiger partial charge >= 0.3 is 0 Å². The second kappa shape index (κ2) is 5.07. The number of nitrogens with one attached hydrogen (secondary N) is 3. The summed E-state index contributed by atoms with van der Waals surface area (Å²) in [6.45, 7) is 1.79. The maximum atomic E-state index is 11.8. The van der Waals surface area contributed by atoms with E-state index in [1.807, 2.05) is 0 Å². The van der Waals surface area contributed by atoms with Crippen LogP contribution in [-0.2, 0) is 4.79 Å². The van der Waals surface area contributed by atoms with Crippen molar-refractivity contribution in [3.8, 4) is 0 Å². The molecule has 1 saturated carbocycles. The Morgan fingerprint density at radius 3 is 2.72 bits per heavy atom. The normalized spacial score (nSPS) is 15.9. The van der Waals surface area contributed by atoms with Crippen LogP contribution in [0.2, 0.25) is 0 Å². The number of carbonyl (C=O) groups excluding carboxylic acids is 1. The van der Waals surface area contributed by atoms with Gasteiger partial charge in [-0.2, -0.15) is 9.97 Å². The molecule has 1 aliphatic rings. The van der Waals surface area contributed by atoms with Gasteiger partial charge in [-0.1, -0.05) is 0 Å². The molecule has 2 rings (SSSR count). The van der Waals surface area contributed by atoms with Crippen molar-refractivity contribution < 1.29 is 4.79 Å². The fourth-order valence-electron chi connectivity index (χ4n) is 1.51. The maximum Gasteiger partial charge on any atom is 0.242 e. The molecule has 0 radical (unpaired) electrons. The number of aromatic nitrogens is 2. The highest BCUT2D eigenvalue weighted by molar-refractivity contribution is 5.84. The van der Waals surface area contributed by atoms with Crippen LogP contribution in [-0.4, -0.2) is 35.0 Å². The second-order valence-corrected chi connectivity index (χ2v) is 4.40. The summed E-state index contributed by atoms with van der Waals surface area (Å²) in [5.74, 6) is 1.28. The number of nitrogens with zero attached hydrogens (tertiary/aromatic N) is 2. The minimum Gasteiger partial charge on any atom is -0.373 e. The molecule has 1 aromatic rings. The lowest BCUT2D eigenvalue weighted by Gasteiger charge is -2.15. The van der Waals surface area contributed by atoms with Crippen LogP contribution in [0.5, 0.6) is 0 Å². The number of hydrogen-bond donors (Lipinski definition) is 4. The van der Waals surface area contributed by atoms with Crippen molar-refractivity contribution in [1.29, 1.82) is 0 Å². The van der Waals surface area contributed by atoms with E-state index >= 15 is 0 Å². The third kappa shape index (κ3) is 3.22. The van der Waals surface area contributed by atoms with Crippen molar-refractivity contribution >= 4 is 23.5 Å². The Bertz CT molecular complexity index is 445. The van der Waals surface area contributed by atoms with Gasteiger partial charge in [-0.15, -0.1) is 0 Å². The predicted molar refractivity (Wildman–Crippen MR) is 70.2 cm³/mol. The van der Waals surface area contributed by atoms with Crippen LogP contribution in [0.3, 0.4) is 0 Å². The number of nitrogens with two attached hydrogens (primary N) is 1. The molecule has 1 aromatic heterocycles. The molecule has 7 heteroatoms. The van der Waals surface area contributed by atoms with E-state index in [0.717, 1.165) is 12.8 Å². The largest absolute Gasteiger partial charge is 0.373 e. The van der Waals surface area contributed by atoms with Gasteiger partial charge < -0.3 is 21.7 Å². The molecule has 5 N–H and O–H groups in total. The van der Waals surface area contributed by atoms with Crippen molar-refractivity contribution in [2.24, 2.45) is 0 Å². The van der Waals surface area contributed by atoms with Crippen molar-refractivity contribution in [2.45, 2.75) is 31.8 Å². The molecule has 98 valence electrons. The van der Waals surface area contributed by atoms with Crippen molar-refractivity contribution in [2.75, 3.05) is 23.4 Å². The molecule has 1 fully saturated rings. The van der Waals surface area contributed by atoms with E-state index in [9.17, 15) is 4.79 Å². The number of carbonyl (C=O) groups is 1. The van der Waals surface area contributed by atoms with Gasteiger partial charge in [0.1, 0.15) is 17.7 Å². The second-order valence-electron chi connectivity index (χ2n) is 4.40. The summed E-state index contributed by atoms with van der Waals surface area (Å²) in [5.41, 5.74) is 5.57. The molecular weight excluding hydrogens is 232 g/mol. The molecule has 0 aliphatic heterocycles. The van der Waals surface area contributed by atoms with Crippen LogP contribution in [0.4, 0.5) is 17.6 Å². The third-order valence-corrected chi connectivity index (χ3v) is 2.68. The van der Waals surface area contributed by atoms with Gasteiger partial charge in [0.2, 0.25) is 11.9 Å². The Labute approximate surface area is 106 Å². The first-order chi connectivity index (χ1) is 8.58. The smallest absolute Gasteiger partial charge is 0.242 e. The van der Waals surface area contributed by atoms with Gasteiger partial charge in [-0.3, -0.25) is 4.79 Å². The zero-order valence-corrected chi connectivity index (χ0v) is 10.5. The average Bonchev–Trinajstić information content (AvgIpc) is 3.11. The van der Waals surface area contributed by atoms with Crippen LogP contribution >= 0.6 is 0 Å². The standard InChI is InChI=1S/C11H18N6O/c1-6(10(18)15-7-3-4-7)14-9-5-8(13-2)16-11(12)17-9/h5-7H,3-4H2,1-2H3,(H,15,18)(H4,12,13,14,16,17). The Balaban J connectivity index is 1.98. The first kappa shape index (κ1) is 12.4. The summed E-state index contributed by atoms with van der Waals surface area (Å²) in [7, 11) is 1.74. The van der Waals surface area contributed by atoms with Gasteiger partial charge in [0.25, 0.3) is 0 Å². The molecule has 7 nitrogen and oxygen atoms in total. The molecular formula is C11H18N6O. The third-order valence-electron chi connectivity index (χ3n) is 2.68. The minimum atomic E-state index is -0.357. The number of hydrogen-bond acceptors (Lipinski definition) is 6. The summed E-state index contributed by atoms with van der Waals surface area (Å²) >= 11 is 0. The Hall–Kier alpha value is -2.05. The minimum absolute atomic E-state index is 0.0271. The maximum absolute atomic E-state index is 11.8. The van der Waals surface area contributed by atoms with Crippen molar-refractivity contribution in [3.63, 3.8) is 0 Å². The van der Waals surface area contributed by atoms with Crippen molar-refractivity contribution in [1.82, 2.24) is 15.3 Å². The van der Waals surface area contributed by atoms with Crippen LogP contribution < -0.4 is 21.7 Å². The molecule has 0 saturated heterocycles. The molecule has 18 heavy (non-hydrogen) atoms. The van der Waals surface area contributed by atoms with E-state index in [1.54, 1.807) is 20.0 Å². The highest BCUT2D eigenvalue weighted by atomic mass is 16.2. The molecule has 1 atom stereocenters. The monoisotopic (exact) mass is 250 g/mol. The van der Waals surface area contributed by atoms with Gasteiger partial charge in [0, 0.05) is 19.2 Å². The average molecular weight is 250 g/mol. The number of rotatable bonds is 5. The summed E-state index contributed by atoms with van der Waals surface area (Å²) < 4.78 is 0. The van der Waals surface area contributed by atoms with E-state index in [4.69, 9.17) is 5.73 Å². The molecule has 1 heterocycles. The first-order valence-corrected chi connectivity index (χ1v) is 5.97. The molecule has 1 aliphatic carbocycles. The van der Waals surface area contributed by atoms with E-state index < -0.39 is 0 Å². The predicted octanol–water partition coefficient (Wildman–Crippen LogP) is 0.180. The number of nitrogen functional groups attached to an aromatic ring is 1. The van der Waals surface area contributed by atoms with Crippen LogP contribution in [0, 0.1) is 0 Å².